The molecule has 1 nitrogen and oxygen atoms in total. The van der Waals surface area contributed by atoms with Gasteiger partial charge in [0.05, 0.1) is 5.37 Å². The van der Waals surface area contributed by atoms with E-state index in [2.05, 4.69) is 12.2 Å². The molecule has 1 aromatic rings. The van der Waals surface area contributed by atoms with Crippen LogP contribution in [-0.4, -0.2) is 11.8 Å². The van der Waals surface area contributed by atoms with Crippen LogP contribution in [0, 0.1) is 0 Å². The highest BCUT2D eigenvalue weighted by Gasteiger charge is 2.22. The average molecular weight is 229 g/mol. The van der Waals surface area contributed by atoms with Gasteiger partial charge in [0.1, 0.15) is 0 Å². The van der Waals surface area contributed by atoms with Gasteiger partial charge in [0, 0.05) is 17.4 Å². The van der Waals surface area contributed by atoms with Crippen LogP contribution >= 0.6 is 11.8 Å². The van der Waals surface area contributed by atoms with Crippen molar-refractivity contribution in [1.82, 2.24) is 5.32 Å². The molecule has 1 aliphatic heterocycles. The van der Waals surface area contributed by atoms with Gasteiger partial charge in [-0.25, -0.2) is 8.78 Å². The molecule has 1 heterocycles. The topological polar surface area (TPSA) is 12.0 Å². The Bertz CT molecular complexity index is 326. The Morgan fingerprint density at radius 3 is 2.47 bits per heavy atom. The molecular weight excluding hydrogens is 216 g/mol. The normalized spacial score (nSPS) is 26.1. The van der Waals surface area contributed by atoms with Gasteiger partial charge in [0.2, 0.25) is 0 Å². The number of alkyl halides is 2. The number of benzene rings is 1. The SMILES string of the molecule is CC1CNC(c2ccc(C(F)F)cc2)S1. The highest BCUT2D eigenvalue weighted by molar-refractivity contribution is 8.00. The van der Waals surface area contributed by atoms with Crippen LogP contribution in [-0.2, 0) is 0 Å². The van der Waals surface area contributed by atoms with Crippen molar-refractivity contribution in [2.75, 3.05) is 6.54 Å². The second kappa shape index (κ2) is 4.49. The molecule has 0 aromatic heterocycles. The van der Waals surface area contributed by atoms with Crippen molar-refractivity contribution in [3.05, 3.63) is 35.4 Å². The van der Waals surface area contributed by atoms with Gasteiger partial charge in [-0.1, -0.05) is 31.2 Å². The standard InChI is InChI=1S/C11H13F2NS/c1-7-6-14-11(15-7)9-4-2-8(3-5-9)10(12)13/h2-5,7,10-11,14H,6H2,1H3. The number of nitrogens with one attached hydrogen (secondary N) is 1. The second-order valence-corrected chi connectivity index (χ2v) is 5.25. The van der Waals surface area contributed by atoms with E-state index in [1.54, 1.807) is 12.1 Å². The molecule has 0 spiro atoms. The maximum Gasteiger partial charge on any atom is 0.263 e. The summed E-state index contributed by atoms with van der Waals surface area (Å²) in [6, 6.07) is 6.57. The summed E-state index contributed by atoms with van der Waals surface area (Å²) in [5, 5.41) is 4.19. The summed E-state index contributed by atoms with van der Waals surface area (Å²) in [5.41, 5.74) is 1.17. The molecule has 0 bridgehead atoms. The fourth-order valence-electron chi connectivity index (χ4n) is 1.61. The Morgan fingerprint density at radius 2 is 2.00 bits per heavy atom. The van der Waals surface area contributed by atoms with E-state index in [-0.39, 0.29) is 10.9 Å². The largest absolute Gasteiger partial charge is 0.301 e. The van der Waals surface area contributed by atoms with Crippen molar-refractivity contribution >= 4 is 11.8 Å². The van der Waals surface area contributed by atoms with Gasteiger partial charge in [0.15, 0.2) is 0 Å². The molecule has 1 fully saturated rings. The third-order valence-electron chi connectivity index (χ3n) is 2.45. The predicted molar refractivity (Wildman–Crippen MR) is 59.2 cm³/mol. The molecule has 1 aliphatic rings. The minimum Gasteiger partial charge on any atom is -0.301 e. The Morgan fingerprint density at radius 1 is 1.33 bits per heavy atom. The first-order valence-corrected chi connectivity index (χ1v) is 5.88. The molecule has 15 heavy (non-hydrogen) atoms. The number of rotatable bonds is 2. The van der Waals surface area contributed by atoms with Gasteiger partial charge in [-0.3, -0.25) is 0 Å². The lowest BCUT2D eigenvalue weighted by atomic mass is 10.1. The second-order valence-electron chi connectivity index (χ2n) is 3.70. The van der Waals surface area contributed by atoms with Crippen LogP contribution in [0.2, 0.25) is 0 Å². The molecule has 82 valence electrons. The summed E-state index contributed by atoms with van der Waals surface area (Å²) < 4.78 is 24.6. The van der Waals surface area contributed by atoms with Crippen molar-refractivity contribution in [3.63, 3.8) is 0 Å². The molecule has 1 aromatic carbocycles. The van der Waals surface area contributed by atoms with Gasteiger partial charge in [-0.2, -0.15) is 0 Å². The van der Waals surface area contributed by atoms with Crippen LogP contribution in [0.15, 0.2) is 24.3 Å². The van der Waals surface area contributed by atoms with Gasteiger partial charge in [0.25, 0.3) is 6.43 Å². The van der Waals surface area contributed by atoms with Crippen LogP contribution in [0.5, 0.6) is 0 Å². The molecule has 1 N–H and O–H groups in total. The summed E-state index contributed by atoms with van der Waals surface area (Å²) in [5.74, 6) is 0. The highest BCUT2D eigenvalue weighted by atomic mass is 32.2. The van der Waals surface area contributed by atoms with Gasteiger partial charge < -0.3 is 5.32 Å². The third-order valence-corrected chi connectivity index (χ3v) is 3.79. The van der Waals surface area contributed by atoms with Crippen LogP contribution in [0.3, 0.4) is 0 Å². The number of halogens is 2. The highest BCUT2D eigenvalue weighted by Crippen LogP contribution is 2.35. The monoisotopic (exact) mass is 229 g/mol. The Balaban J connectivity index is 2.10. The summed E-state index contributed by atoms with van der Waals surface area (Å²) >= 11 is 1.83. The molecule has 2 atom stereocenters. The molecule has 0 saturated carbocycles. The molecular formula is C11H13F2NS. The molecule has 0 aliphatic carbocycles. The van der Waals surface area contributed by atoms with Crippen molar-refractivity contribution in [1.29, 1.82) is 0 Å². The van der Waals surface area contributed by atoms with Crippen molar-refractivity contribution < 1.29 is 8.78 Å². The minimum absolute atomic E-state index is 0.0924. The van der Waals surface area contributed by atoms with E-state index in [0.29, 0.717) is 5.25 Å². The molecule has 4 heteroatoms. The van der Waals surface area contributed by atoms with E-state index in [1.165, 1.54) is 12.1 Å². The number of thioether (sulfide) groups is 1. The molecule has 2 rings (SSSR count). The van der Waals surface area contributed by atoms with E-state index in [4.69, 9.17) is 0 Å². The van der Waals surface area contributed by atoms with E-state index < -0.39 is 6.43 Å². The average Bonchev–Trinajstić information content (AvgIpc) is 2.65. The van der Waals surface area contributed by atoms with Crippen LogP contribution in [0.1, 0.15) is 29.8 Å². The first-order valence-electron chi connectivity index (χ1n) is 4.93. The van der Waals surface area contributed by atoms with Gasteiger partial charge >= 0.3 is 0 Å². The van der Waals surface area contributed by atoms with E-state index in [9.17, 15) is 8.78 Å². The van der Waals surface area contributed by atoms with Crippen LogP contribution in [0.25, 0.3) is 0 Å². The predicted octanol–water partition coefficient (Wildman–Crippen LogP) is 3.35. The first-order chi connectivity index (χ1) is 7.16. The smallest absolute Gasteiger partial charge is 0.263 e. The zero-order chi connectivity index (χ0) is 10.8. The maximum absolute atomic E-state index is 12.3. The molecule has 1 saturated heterocycles. The van der Waals surface area contributed by atoms with Gasteiger partial charge in [-0.05, 0) is 5.56 Å². The van der Waals surface area contributed by atoms with Crippen molar-refractivity contribution in [3.8, 4) is 0 Å². The summed E-state index contributed by atoms with van der Waals surface area (Å²) in [6.07, 6.45) is -2.37. The first kappa shape index (κ1) is 10.9. The Hall–Kier alpha value is -0.610. The van der Waals surface area contributed by atoms with E-state index >= 15 is 0 Å². The summed E-state index contributed by atoms with van der Waals surface area (Å²) in [7, 11) is 0. The summed E-state index contributed by atoms with van der Waals surface area (Å²) in [4.78, 5) is 0. The summed E-state index contributed by atoms with van der Waals surface area (Å²) in [6.45, 7) is 3.14. The zero-order valence-corrected chi connectivity index (χ0v) is 9.23. The van der Waals surface area contributed by atoms with E-state index in [0.717, 1.165) is 12.1 Å². The molecule has 2 unspecified atom stereocenters. The van der Waals surface area contributed by atoms with Crippen molar-refractivity contribution in [2.45, 2.75) is 24.0 Å². The lowest BCUT2D eigenvalue weighted by molar-refractivity contribution is 0.151. The maximum atomic E-state index is 12.3. The lowest BCUT2D eigenvalue weighted by Crippen LogP contribution is -2.13. The van der Waals surface area contributed by atoms with Crippen LogP contribution in [0.4, 0.5) is 8.78 Å². The van der Waals surface area contributed by atoms with Gasteiger partial charge in [-0.15, -0.1) is 11.8 Å². The molecule has 0 amide bonds. The number of hydrogen-bond acceptors (Lipinski definition) is 2. The lowest BCUT2D eigenvalue weighted by Gasteiger charge is -2.10. The van der Waals surface area contributed by atoms with E-state index in [1.807, 2.05) is 11.8 Å². The number of hydrogen-bond donors (Lipinski definition) is 1. The zero-order valence-electron chi connectivity index (χ0n) is 8.41. The van der Waals surface area contributed by atoms with Crippen LogP contribution < -0.4 is 5.32 Å². The fraction of sp³-hybridized carbons (Fsp3) is 0.455. The fourth-order valence-corrected chi connectivity index (χ4v) is 2.78. The minimum atomic E-state index is -2.37. The Labute approximate surface area is 92.3 Å². The quantitative estimate of drug-likeness (QED) is 0.834. The third kappa shape index (κ3) is 2.49. The molecule has 0 radical (unpaired) electrons. The van der Waals surface area contributed by atoms with Crippen molar-refractivity contribution in [2.24, 2.45) is 0 Å². The Kier molecular flexibility index (Phi) is 3.26.